The van der Waals surface area contributed by atoms with Gasteiger partial charge in [-0.05, 0) is 18.2 Å². The van der Waals surface area contributed by atoms with Crippen molar-refractivity contribution in [3.63, 3.8) is 0 Å². The van der Waals surface area contributed by atoms with Gasteiger partial charge in [-0.3, -0.25) is 19.3 Å². The van der Waals surface area contributed by atoms with Crippen molar-refractivity contribution >= 4 is 23.4 Å². The second-order valence-corrected chi connectivity index (χ2v) is 4.48. The predicted molar refractivity (Wildman–Crippen MR) is 77.0 cm³/mol. The molecule has 0 radical (unpaired) electrons. The number of aliphatic hydroxyl groups excluding tert-OH is 1. The van der Waals surface area contributed by atoms with E-state index in [-0.39, 0.29) is 24.4 Å². The molecule has 0 atom stereocenters. The van der Waals surface area contributed by atoms with Crippen molar-refractivity contribution in [1.29, 1.82) is 0 Å². The highest BCUT2D eigenvalue weighted by atomic mass is 16.5. The molecule has 1 aromatic carbocycles. The molecule has 1 aliphatic rings. The number of carbonyl (C=O) groups is 3. The van der Waals surface area contributed by atoms with Gasteiger partial charge in [0.25, 0.3) is 11.8 Å². The maximum absolute atomic E-state index is 12.0. The lowest BCUT2D eigenvalue weighted by Crippen LogP contribution is -2.34. The van der Waals surface area contributed by atoms with Crippen LogP contribution in [-0.4, -0.2) is 48.0 Å². The number of methoxy groups -OCH3 is 1. The molecule has 4 N–H and O–H groups in total. The molecule has 0 spiro atoms. The number of nitrogens with two attached hydrogens (primary N) is 1. The van der Waals surface area contributed by atoms with Crippen molar-refractivity contribution in [2.45, 2.75) is 0 Å². The van der Waals surface area contributed by atoms with E-state index < -0.39 is 17.7 Å². The third-order valence-corrected chi connectivity index (χ3v) is 3.09. The molecule has 22 heavy (non-hydrogen) atoms. The zero-order valence-electron chi connectivity index (χ0n) is 11.8. The average Bonchev–Trinajstić information content (AvgIpc) is 2.75. The molecule has 8 nitrogen and oxygen atoms in total. The first-order valence-electron chi connectivity index (χ1n) is 6.41. The van der Waals surface area contributed by atoms with E-state index in [9.17, 15) is 14.4 Å². The molecule has 1 heterocycles. The predicted octanol–water partition coefficient (Wildman–Crippen LogP) is -0.549. The summed E-state index contributed by atoms with van der Waals surface area (Å²) in [6, 6.07) is 4.42. The van der Waals surface area contributed by atoms with Gasteiger partial charge in [-0.15, -0.1) is 0 Å². The Morgan fingerprint density at radius 3 is 2.73 bits per heavy atom. The number of primary amides is 1. The van der Waals surface area contributed by atoms with Gasteiger partial charge in [0, 0.05) is 11.6 Å². The number of nitrogens with zero attached hydrogens (tertiary/aromatic N) is 1. The number of hydrogen-bond acceptors (Lipinski definition) is 6. The molecule has 2 rings (SSSR count). The van der Waals surface area contributed by atoms with Crippen LogP contribution in [0.25, 0.3) is 0 Å². The molecule has 0 unspecified atom stereocenters. The van der Waals surface area contributed by atoms with Crippen molar-refractivity contribution in [2.24, 2.45) is 5.73 Å². The van der Waals surface area contributed by atoms with Crippen LogP contribution in [0.4, 0.5) is 5.69 Å². The van der Waals surface area contributed by atoms with Gasteiger partial charge in [-0.2, -0.15) is 0 Å². The highest BCUT2D eigenvalue weighted by Crippen LogP contribution is 2.28. The molecule has 8 heteroatoms. The SMILES string of the molecule is COc1cc(C(N)=O)ccc1NC1=CC(=O)N(CCO)C1=O. The highest BCUT2D eigenvalue weighted by Gasteiger charge is 2.31. The number of amides is 3. The van der Waals surface area contributed by atoms with E-state index in [0.29, 0.717) is 11.4 Å². The number of carbonyl (C=O) groups excluding carboxylic acids is 3. The summed E-state index contributed by atoms with van der Waals surface area (Å²) < 4.78 is 5.14. The van der Waals surface area contributed by atoms with Crippen molar-refractivity contribution in [3.05, 3.63) is 35.5 Å². The number of ether oxygens (including phenoxy) is 1. The summed E-state index contributed by atoms with van der Waals surface area (Å²) in [6.07, 6.45) is 1.14. The third-order valence-electron chi connectivity index (χ3n) is 3.09. The number of β-amino-alcohol motifs (C(OH)–C–C–N with tert-alkyl or cyclic N) is 1. The second kappa shape index (κ2) is 6.27. The van der Waals surface area contributed by atoms with Crippen molar-refractivity contribution in [3.8, 4) is 5.75 Å². The van der Waals surface area contributed by atoms with Crippen LogP contribution in [0.15, 0.2) is 30.0 Å². The maximum Gasteiger partial charge on any atom is 0.277 e. The zero-order valence-corrected chi connectivity index (χ0v) is 11.8. The van der Waals surface area contributed by atoms with Crippen molar-refractivity contribution < 1.29 is 24.2 Å². The second-order valence-electron chi connectivity index (χ2n) is 4.48. The smallest absolute Gasteiger partial charge is 0.277 e. The van der Waals surface area contributed by atoms with E-state index in [1.165, 1.54) is 25.3 Å². The number of nitrogens with one attached hydrogen (secondary N) is 1. The molecule has 0 fully saturated rings. The number of anilines is 1. The first-order valence-corrected chi connectivity index (χ1v) is 6.41. The Labute approximate surface area is 126 Å². The van der Waals surface area contributed by atoms with Crippen molar-refractivity contribution in [1.82, 2.24) is 4.90 Å². The van der Waals surface area contributed by atoms with Crippen LogP contribution < -0.4 is 15.8 Å². The number of hydrogen-bond donors (Lipinski definition) is 3. The van der Waals surface area contributed by atoms with Crippen LogP contribution in [0.3, 0.4) is 0 Å². The lowest BCUT2D eigenvalue weighted by Gasteiger charge is -2.15. The number of benzene rings is 1. The average molecular weight is 305 g/mol. The molecular weight excluding hydrogens is 290 g/mol. The van der Waals surface area contributed by atoms with E-state index in [1.54, 1.807) is 0 Å². The van der Waals surface area contributed by atoms with Gasteiger partial charge in [0.2, 0.25) is 5.91 Å². The molecule has 0 aromatic heterocycles. The summed E-state index contributed by atoms with van der Waals surface area (Å²) in [5.74, 6) is -1.35. The van der Waals surface area contributed by atoms with Gasteiger partial charge >= 0.3 is 0 Å². The molecule has 0 saturated carbocycles. The van der Waals surface area contributed by atoms with Gasteiger partial charge in [0.15, 0.2) is 0 Å². The number of aliphatic hydroxyl groups is 1. The molecule has 3 amide bonds. The maximum atomic E-state index is 12.0. The Balaban J connectivity index is 2.24. The van der Waals surface area contributed by atoms with Crippen LogP contribution in [0.2, 0.25) is 0 Å². The molecule has 1 aliphatic heterocycles. The molecule has 1 aromatic rings. The summed E-state index contributed by atoms with van der Waals surface area (Å²) in [5, 5.41) is 11.6. The fourth-order valence-electron chi connectivity index (χ4n) is 2.00. The Kier molecular flexibility index (Phi) is 4.42. The molecule has 0 saturated heterocycles. The summed E-state index contributed by atoms with van der Waals surface area (Å²) in [4.78, 5) is 35.8. The summed E-state index contributed by atoms with van der Waals surface area (Å²) in [5.41, 5.74) is 5.91. The minimum atomic E-state index is -0.606. The summed E-state index contributed by atoms with van der Waals surface area (Å²) in [6.45, 7) is -0.383. The first-order chi connectivity index (χ1) is 10.5. The molecular formula is C14H15N3O5. The van der Waals surface area contributed by atoms with E-state index in [2.05, 4.69) is 5.32 Å². The van der Waals surface area contributed by atoms with E-state index in [4.69, 9.17) is 15.6 Å². The minimum absolute atomic E-state index is 0.0589. The standard InChI is InChI=1S/C14H15N3O5/c1-22-11-6-8(13(15)20)2-3-9(11)16-10-7-12(19)17(4-5-18)14(10)21/h2-3,6-7,16,18H,4-5H2,1H3,(H2,15,20). The summed E-state index contributed by atoms with van der Waals surface area (Å²) >= 11 is 0. The van der Waals surface area contributed by atoms with Gasteiger partial charge in [0.05, 0.1) is 25.9 Å². The van der Waals surface area contributed by atoms with Gasteiger partial charge < -0.3 is 20.9 Å². The lowest BCUT2D eigenvalue weighted by molar-refractivity contribution is -0.137. The van der Waals surface area contributed by atoms with E-state index in [0.717, 1.165) is 11.0 Å². The van der Waals surface area contributed by atoms with Crippen LogP contribution in [-0.2, 0) is 9.59 Å². The topological polar surface area (TPSA) is 122 Å². The normalized spacial score (nSPS) is 14.1. The number of rotatable bonds is 6. The fourth-order valence-corrected chi connectivity index (χ4v) is 2.00. The van der Waals surface area contributed by atoms with Crippen LogP contribution in [0, 0.1) is 0 Å². The Hall–Kier alpha value is -2.87. The zero-order chi connectivity index (χ0) is 16.3. The number of imide groups is 1. The van der Waals surface area contributed by atoms with Gasteiger partial charge in [-0.25, -0.2) is 0 Å². The Morgan fingerprint density at radius 2 is 2.14 bits per heavy atom. The fraction of sp³-hybridized carbons (Fsp3) is 0.214. The van der Waals surface area contributed by atoms with Crippen LogP contribution >= 0.6 is 0 Å². The molecule has 0 bridgehead atoms. The minimum Gasteiger partial charge on any atom is -0.495 e. The Bertz CT molecular complexity index is 668. The van der Waals surface area contributed by atoms with Gasteiger partial charge in [0.1, 0.15) is 11.4 Å². The highest BCUT2D eigenvalue weighted by molar-refractivity contribution is 6.17. The largest absolute Gasteiger partial charge is 0.495 e. The van der Waals surface area contributed by atoms with E-state index in [1.807, 2.05) is 0 Å². The third kappa shape index (κ3) is 2.91. The van der Waals surface area contributed by atoms with Crippen LogP contribution in [0.5, 0.6) is 5.75 Å². The first kappa shape index (κ1) is 15.5. The van der Waals surface area contributed by atoms with Crippen LogP contribution in [0.1, 0.15) is 10.4 Å². The quantitative estimate of drug-likeness (QED) is 0.606. The van der Waals surface area contributed by atoms with E-state index >= 15 is 0 Å². The Morgan fingerprint density at radius 1 is 1.41 bits per heavy atom. The molecule has 116 valence electrons. The molecule has 0 aliphatic carbocycles. The lowest BCUT2D eigenvalue weighted by atomic mass is 10.1. The monoisotopic (exact) mass is 305 g/mol. The van der Waals surface area contributed by atoms with Gasteiger partial charge in [-0.1, -0.05) is 0 Å². The van der Waals surface area contributed by atoms with Crippen molar-refractivity contribution in [2.75, 3.05) is 25.6 Å². The summed E-state index contributed by atoms with van der Waals surface area (Å²) in [7, 11) is 1.40.